The number of unbranched alkanes of at least 4 members (excludes halogenated alkanes) is 1. The number of hydrogen-bond acceptors (Lipinski definition) is 0. The van der Waals surface area contributed by atoms with Gasteiger partial charge in [-0.05, 0) is 37.5 Å². The van der Waals surface area contributed by atoms with Crippen molar-refractivity contribution < 1.29 is 0 Å². The molecule has 0 aliphatic rings. The molecule has 18 heavy (non-hydrogen) atoms. The van der Waals surface area contributed by atoms with Gasteiger partial charge in [-0.25, -0.2) is 0 Å². The normalized spacial score (nSPS) is 17.4. The minimum absolute atomic E-state index is 0.0611. The minimum Gasteiger partial charge on any atom is -0.120 e. The monoisotopic (exact) mass is 268 g/mol. The quantitative estimate of drug-likeness (QED) is 0.226. The van der Waals surface area contributed by atoms with Crippen LogP contribution in [0.25, 0.3) is 0 Å². The largest absolute Gasteiger partial charge is 0.120 e. The van der Waals surface area contributed by atoms with Crippen LogP contribution < -0.4 is 0 Å². The van der Waals surface area contributed by atoms with E-state index < -0.39 is 0 Å². The van der Waals surface area contributed by atoms with Crippen LogP contribution >= 0.6 is 11.6 Å². The molecule has 0 aliphatic carbocycles. The van der Waals surface area contributed by atoms with E-state index in [0.29, 0.717) is 12.3 Å². The molecule has 0 aliphatic heterocycles. The maximum Gasteiger partial charge on any atom is 0.0608 e. The molecule has 0 N–H and O–H groups in total. The molecule has 2 atom stereocenters. The van der Waals surface area contributed by atoms with Crippen molar-refractivity contribution in [3.05, 3.63) is 12.2 Å². The van der Waals surface area contributed by atoms with Gasteiger partial charge in [0.25, 0.3) is 0 Å². The average Bonchev–Trinajstić information content (AvgIpc) is 2.33. The molecular weight excluding hydrogens is 240 g/mol. The summed E-state index contributed by atoms with van der Waals surface area (Å²) in [6, 6.07) is 0. The molecule has 0 aromatic rings. The first kappa shape index (κ1) is 17.6. The highest BCUT2D eigenvalue weighted by Gasteiger charge is 2.45. The van der Waals surface area contributed by atoms with Crippen LogP contribution in [0, 0.1) is 23.7 Å². The van der Waals surface area contributed by atoms with Gasteiger partial charge in [-0.2, -0.15) is 0 Å². The topological polar surface area (TPSA) is 0 Å². The third-order valence-corrected chi connectivity index (χ3v) is 5.37. The Labute approximate surface area is 119 Å². The molecule has 0 aromatic carbocycles. The first-order valence-electron chi connectivity index (χ1n) is 7.09. The van der Waals surface area contributed by atoms with Crippen LogP contribution in [0.5, 0.6) is 0 Å². The van der Waals surface area contributed by atoms with Crippen LogP contribution in [-0.4, -0.2) is 4.87 Å². The molecule has 0 fully saturated rings. The Hall–Kier alpha value is -0.410. The molecule has 0 radical (unpaired) electrons. The van der Waals surface area contributed by atoms with Crippen molar-refractivity contribution in [3.63, 3.8) is 0 Å². The zero-order chi connectivity index (χ0) is 14.2. The smallest absolute Gasteiger partial charge is 0.0608 e. The highest BCUT2D eigenvalue weighted by atomic mass is 35.5. The Morgan fingerprint density at radius 3 is 2.44 bits per heavy atom. The summed E-state index contributed by atoms with van der Waals surface area (Å²) in [7, 11) is 0. The van der Waals surface area contributed by atoms with E-state index in [2.05, 4.69) is 52.7 Å². The fourth-order valence-corrected chi connectivity index (χ4v) is 2.82. The number of hydrogen-bond donors (Lipinski definition) is 0. The van der Waals surface area contributed by atoms with Crippen molar-refractivity contribution in [2.45, 2.75) is 71.6 Å². The second-order valence-corrected chi connectivity index (χ2v) is 6.56. The zero-order valence-corrected chi connectivity index (χ0v) is 13.5. The summed E-state index contributed by atoms with van der Waals surface area (Å²) in [6.07, 6.45) is 14.8. The lowest BCUT2D eigenvalue weighted by atomic mass is 9.65. The van der Waals surface area contributed by atoms with Gasteiger partial charge in [-0.1, -0.05) is 46.3 Å². The van der Waals surface area contributed by atoms with E-state index in [1.54, 1.807) is 0 Å². The van der Waals surface area contributed by atoms with E-state index >= 15 is 0 Å². The van der Waals surface area contributed by atoms with Crippen LogP contribution in [0.2, 0.25) is 0 Å². The molecule has 0 saturated heterocycles. The highest BCUT2D eigenvalue weighted by Crippen LogP contribution is 2.49. The Balaban J connectivity index is 4.84. The summed E-state index contributed by atoms with van der Waals surface area (Å²) in [5.74, 6) is 3.36. The van der Waals surface area contributed by atoms with E-state index in [-0.39, 0.29) is 10.3 Å². The molecule has 0 rings (SSSR count). The summed E-state index contributed by atoms with van der Waals surface area (Å²) in [4.78, 5) is -0.279. The van der Waals surface area contributed by atoms with Gasteiger partial charge in [0.1, 0.15) is 0 Å². The summed E-state index contributed by atoms with van der Waals surface area (Å²) >= 11 is 6.92. The maximum atomic E-state index is 6.92. The number of halogens is 1. The lowest BCUT2D eigenvalue weighted by Crippen LogP contribution is -2.43. The van der Waals surface area contributed by atoms with Gasteiger partial charge in [-0.15, -0.1) is 23.9 Å². The van der Waals surface area contributed by atoms with Crippen molar-refractivity contribution in [1.29, 1.82) is 0 Å². The van der Waals surface area contributed by atoms with Crippen molar-refractivity contribution in [1.82, 2.24) is 0 Å². The molecular formula is C17H29Cl. The van der Waals surface area contributed by atoms with Gasteiger partial charge in [0.05, 0.1) is 4.87 Å². The molecule has 2 unspecified atom stereocenters. The van der Waals surface area contributed by atoms with E-state index in [1.807, 2.05) is 0 Å². The van der Waals surface area contributed by atoms with Crippen molar-refractivity contribution in [2.75, 3.05) is 0 Å². The number of rotatable bonds is 8. The second kappa shape index (κ2) is 7.90. The Kier molecular flexibility index (Phi) is 7.72. The summed E-state index contributed by atoms with van der Waals surface area (Å²) in [5, 5.41) is 0. The van der Waals surface area contributed by atoms with Crippen molar-refractivity contribution in [3.8, 4) is 12.3 Å². The molecule has 0 amide bonds. The van der Waals surface area contributed by atoms with E-state index in [0.717, 1.165) is 25.7 Å². The van der Waals surface area contributed by atoms with Crippen LogP contribution in [0.4, 0.5) is 0 Å². The second-order valence-electron chi connectivity index (χ2n) is 5.84. The van der Waals surface area contributed by atoms with Gasteiger partial charge >= 0.3 is 0 Å². The predicted molar refractivity (Wildman–Crippen MR) is 83.9 cm³/mol. The highest BCUT2D eigenvalue weighted by molar-refractivity contribution is 6.24. The standard InChI is InChI=1S/C17H29Cl/c1-7-10-11-12-14-17(18,13-8-2)16(5,6)15(4)9-3/h2,7,10,15H,9,11-14H2,1,3-6H3. The Bertz CT molecular complexity index is 295. The predicted octanol–water partition coefficient (Wildman–Crippen LogP) is 5.81. The summed E-state index contributed by atoms with van der Waals surface area (Å²) in [6.45, 7) is 11.1. The van der Waals surface area contributed by atoms with Crippen molar-refractivity contribution in [2.24, 2.45) is 11.3 Å². The zero-order valence-electron chi connectivity index (χ0n) is 12.7. The van der Waals surface area contributed by atoms with E-state index in [9.17, 15) is 0 Å². The molecule has 0 bridgehead atoms. The molecule has 0 aromatic heterocycles. The van der Waals surface area contributed by atoms with Gasteiger partial charge in [0.15, 0.2) is 0 Å². The van der Waals surface area contributed by atoms with Gasteiger partial charge in [0, 0.05) is 6.42 Å². The molecule has 0 saturated carbocycles. The average molecular weight is 269 g/mol. The number of alkyl halides is 1. The summed E-state index contributed by atoms with van der Waals surface area (Å²) in [5.41, 5.74) is 0.0611. The lowest BCUT2D eigenvalue weighted by Gasteiger charge is -2.45. The van der Waals surface area contributed by atoms with Crippen LogP contribution in [0.1, 0.15) is 66.7 Å². The SMILES string of the molecule is C#CCC(Cl)(CCCC=CC)C(C)(C)C(C)CC. The van der Waals surface area contributed by atoms with E-state index in [1.165, 1.54) is 0 Å². The van der Waals surface area contributed by atoms with Gasteiger partial charge in [0.2, 0.25) is 0 Å². The third kappa shape index (κ3) is 4.36. The van der Waals surface area contributed by atoms with Crippen LogP contribution in [-0.2, 0) is 0 Å². The first-order valence-corrected chi connectivity index (χ1v) is 7.47. The summed E-state index contributed by atoms with van der Waals surface area (Å²) < 4.78 is 0. The van der Waals surface area contributed by atoms with E-state index in [4.69, 9.17) is 18.0 Å². The fraction of sp³-hybridized carbons (Fsp3) is 0.765. The fourth-order valence-electron chi connectivity index (χ4n) is 2.42. The van der Waals surface area contributed by atoms with Crippen LogP contribution in [0.3, 0.4) is 0 Å². The minimum atomic E-state index is -0.279. The maximum absolute atomic E-state index is 6.92. The number of allylic oxidation sites excluding steroid dienone is 2. The van der Waals surface area contributed by atoms with Crippen LogP contribution in [0.15, 0.2) is 12.2 Å². The molecule has 0 spiro atoms. The van der Waals surface area contributed by atoms with Crippen molar-refractivity contribution >= 4 is 11.6 Å². The molecule has 1 heteroatoms. The Morgan fingerprint density at radius 2 is 2.00 bits per heavy atom. The third-order valence-electron chi connectivity index (χ3n) is 4.56. The molecule has 104 valence electrons. The molecule has 0 nitrogen and oxygen atoms in total. The number of terminal acetylenes is 1. The Morgan fingerprint density at radius 1 is 1.39 bits per heavy atom. The van der Waals surface area contributed by atoms with Gasteiger partial charge in [-0.3, -0.25) is 0 Å². The molecule has 0 heterocycles. The first-order chi connectivity index (χ1) is 8.35. The van der Waals surface area contributed by atoms with Gasteiger partial charge < -0.3 is 0 Å². The lowest BCUT2D eigenvalue weighted by molar-refractivity contribution is 0.138.